The molecule has 1 saturated heterocycles. The molecule has 160 valence electrons. The molecule has 1 aliphatic heterocycles. The van der Waals surface area contributed by atoms with E-state index in [0.717, 1.165) is 6.07 Å². The minimum atomic E-state index is -4.57. The van der Waals surface area contributed by atoms with Gasteiger partial charge in [0.15, 0.2) is 6.61 Å². The monoisotopic (exact) mass is 445 g/mol. The first-order chi connectivity index (χ1) is 14.2. The van der Waals surface area contributed by atoms with Gasteiger partial charge in [0, 0.05) is 37.4 Å². The summed E-state index contributed by atoms with van der Waals surface area (Å²) >= 11 is 5.82. The Bertz CT molecular complexity index is 947. The fraction of sp³-hybridized carbons (Fsp3) is 0.316. The number of rotatable bonds is 4. The van der Waals surface area contributed by atoms with Gasteiger partial charge in [0.05, 0.1) is 5.56 Å². The van der Waals surface area contributed by atoms with Crippen molar-refractivity contribution >= 4 is 23.4 Å². The van der Waals surface area contributed by atoms with Gasteiger partial charge in [-0.2, -0.15) is 13.2 Å². The van der Waals surface area contributed by atoms with Crippen molar-refractivity contribution in [1.82, 2.24) is 14.8 Å². The largest absolute Gasteiger partial charge is 0.467 e. The van der Waals surface area contributed by atoms with E-state index in [1.807, 2.05) is 0 Å². The molecule has 1 aliphatic rings. The van der Waals surface area contributed by atoms with Crippen LogP contribution in [0.5, 0.6) is 5.88 Å². The van der Waals surface area contributed by atoms with E-state index in [2.05, 4.69) is 9.72 Å². The molecule has 0 N–H and O–H groups in total. The molecule has 2 heterocycles. The van der Waals surface area contributed by atoms with E-state index in [1.54, 1.807) is 0 Å². The Morgan fingerprint density at radius 1 is 1.03 bits per heavy atom. The summed E-state index contributed by atoms with van der Waals surface area (Å²) in [5, 5.41) is 0.219. The molecule has 2 amide bonds. The van der Waals surface area contributed by atoms with E-state index in [0.29, 0.717) is 0 Å². The fourth-order valence-electron chi connectivity index (χ4n) is 2.93. The molecule has 0 radical (unpaired) electrons. The molecule has 0 aliphatic carbocycles. The van der Waals surface area contributed by atoms with Gasteiger partial charge in [0.1, 0.15) is 11.4 Å². The summed E-state index contributed by atoms with van der Waals surface area (Å²) in [6.07, 6.45) is -3.35. The summed E-state index contributed by atoms with van der Waals surface area (Å²) < 4.78 is 55.8. The smallest absolute Gasteiger partial charge is 0.422 e. The quantitative estimate of drug-likeness (QED) is 0.677. The predicted molar refractivity (Wildman–Crippen MR) is 99.0 cm³/mol. The highest BCUT2D eigenvalue weighted by Crippen LogP contribution is 2.22. The summed E-state index contributed by atoms with van der Waals surface area (Å²) in [6, 6.07) is 6.39. The van der Waals surface area contributed by atoms with Gasteiger partial charge in [-0.15, -0.1) is 0 Å². The molecular weight excluding hydrogens is 430 g/mol. The number of hydrogen-bond acceptors (Lipinski definition) is 4. The number of carbonyl (C=O) groups excluding carboxylic acids is 2. The van der Waals surface area contributed by atoms with Crippen molar-refractivity contribution in [1.29, 1.82) is 0 Å². The van der Waals surface area contributed by atoms with E-state index in [1.165, 1.54) is 40.3 Å². The summed E-state index contributed by atoms with van der Waals surface area (Å²) in [5.41, 5.74) is -0.278. The van der Waals surface area contributed by atoms with Crippen LogP contribution in [0.25, 0.3) is 0 Å². The molecule has 0 saturated carbocycles. The van der Waals surface area contributed by atoms with Crippen molar-refractivity contribution in [3.8, 4) is 5.88 Å². The second-order valence-corrected chi connectivity index (χ2v) is 6.90. The molecule has 11 heteroatoms. The average Bonchev–Trinajstić information content (AvgIpc) is 2.73. The number of aromatic nitrogens is 1. The molecule has 6 nitrogen and oxygen atoms in total. The lowest BCUT2D eigenvalue weighted by molar-refractivity contribution is -0.154. The molecule has 0 spiro atoms. The van der Waals surface area contributed by atoms with E-state index in [4.69, 9.17) is 11.6 Å². The highest BCUT2D eigenvalue weighted by Gasteiger charge is 2.31. The summed E-state index contributed by atoms with van der Waals surface area (Å²) in [6.45, 7) is -1.11. The van der Waals surface area contributed by atoms with Crippen molar-refractivity contribution in [2.45, 2.75) is 6.18 Å². The van der Waals surface area contributed by atoms with Gasteiger partial charge in [0.25, 0.3) is 11.8 Å². The van der Waals surface area contributed by atoms with E-state index in [9.17, 15) is 27.2 Å². The first-order valence-electron chi connectivity index (χ1n) is 8.84. The third-order valence-corrected chi connectivity index (χ3v) is 4.62. The average molecular weight is 446 g/mol. The molecule has 0 unspecified atom stereocenters. The number of alkyl halides is 3. The van der Waals surface area contributed by atoms with Gasteiger partial charge in [-0.3, -0.25) is 9.59 Å². The van der Waals surface area contributed by atoms with Crippen molar-refractivity contribution in [2.24, 2.45) is 0 Å². The molecular formula is C19H16ClF4N3O3. The molecule has 30 heavy (non-hydrogen) atoms. The number of amides is 2. The normalized spacial score (nSPS) is 14.6. The minimum Gasteiger partial charge on any atom is -0.467 e. The second-order valence-electron chi connectivity index (χ2n) is 6.47. The van der Waals surface area contributed by atoms with Crippen LogP contribution in [-0.2, 0) is 0 Å². The van der Waals surface area contributed by atoms with Crippen LogP contribution >= 0.6 is 11.6 Å². The van der Waals surface area contributed by atoms with Crippen molar-refractivity contribution in [2.75, 3.05) is 32.8 Å². The van der Waals surface area contributed by atoms with Crippen LogP contribution in [0.2, 0.25) is 5.02 Å². The topological polar surface area (TPSA) is 62.7 Å². The van der Waals surface area contributed by atoms with Crippen LogP contribution in [0.4, 0.5) is 17.6 Å². The highest BCUT2D eigenvalue weighted by atomic mass is 35.5. The van der Waals surface area contributed by atoms with Crippen molar-refractivity contribution < 1.29 is 31.9 Å². The third-order valence-electron chi connectivity index (χ3n) is 4.39. The fourth-order valence-corrected chi connectivity index (χ4v) is 3.11. The summed E-state index contributed by atoms with van der Waals surface area (Å²) in [4.78, 5) is 31.7. The molecule has 1 aromatic carbocycles. The second kappa shape index (κ2) is 8.86. The lowest BCUT2D eigenvalue weighted by atomic mass is 10.1. The zero-order valence-electron chi connectivity index (χ0n) is 15.5. The van der Waals surface area contributed by atoms with Gasteiger partial charge >= 0.3 is 6.18 Å². The maximum absolute atomic E-state index is 13.9. The van der Waals surface area contributed by atoms with E-state index in [-0.39, 0.29) is 42.3 Å². The Morgan fingerprint density at radius 3 is 2.23 bits per heavy atom. The number of pyridine rings is 1. The highest BCUT2D eigenvalue weighted by molar-refractivity contribution is 6.31. The number of halogens is 5. The van der Waals surface area contributed by atoms with Gasteiger partial charge < -0.3 is 14.5 Å². The number of carbonyl (C=O) groups is 2. The van der Waals surface area contributed by atoms with Crippen LogP contribution in [0.3, 0.4) is 0 Å². The third kappa shape index (κ3) is 5.18. The molecule has 1 fully saturated rings. The first kappa shape index (κ1) is 21.8. The van der Waals surface area contributed by atoms with Crippen LogP contribution in [0.1, 0.15) is 20.7 Å². The Hall–Kier alpha value is -2.88. The zero-order chi connectivity index (χ0) is 21.9. The van der Waals surface area contributed by atoms with Crippen LogP contribution in [0.15, 0.2) is 36.5 Å². The Kier molecular flexibility index (Phi) is 6.45. The first-order valence-corrected chi connectivity index (χ1v) is 9.21. The van der Waals surface area contributed by atoms with Gasteiger partial charge in [0.2, 0.25) is 5.88 Å². The number of ether oxygens (including phenoxy) is 1. The zero-order valence-corrected chi connectivity index (χ0v) is 16.2. The molecule has 0 atom stereocenters. The van der Waals surface area contributed by atoms with Crippen molar-refractivity contribution in [3.05, 3.63) is 58.5 Å². The van der Waals surface area contributed by atoms with Gasteiger partial charge in [-0.1, -0.05) is 11.6 Å². The van der Waals surface area contributed by atoms with E-state index < -0.39 is 36.3 Å². The maximum atomic E-state index is 13.9. The SMILES string of the molecule is O=C(c1cc(Cl)ccc1F)N1CCN(C(=O)c2cccnc2OCC(F)(F)F)CC1. The number of piperazine rings is 1. The van der Waals surface area contributed by atoms with Crippen LogP contribution in [0, 0.1) is 5.82 Å². The lowest BCUT2D eigenvalue weighted by Gasteiger charge is -2.35. The van der Waals surface area contributed by atoms with E-state index >= 15 is 0 Å². The van der Waals surface area contributed by atoms with Crippen molar-refractivity contribution in [3.63, 3.8) is 0 Å². The number of nitrogens with zero attached hydrogens (tertiary/aromatic N) is 3. The Balaban J connectivity index is 1.66. The number of benzene rings is 1. The summed E-state index contributed by atoms with van der Waals surface area (Å²) in [7, 11) is 0. The van der Waals surface area contributed by atoms with Gasteiger partial charge in [-0.25, -0.2) is 9.37 Å². The Labute approximate surface area is 174 Å². The lowest BCUT2D eigenvalue weighted by Crippen LogP contribution is -2.50. The predicted octanol–water partition coefficient (Wildman–Crippen LogP) is 3.41. The molecule has 2 aromatic rings. The molecule has 1 aromatic heterocycles. The Morgan fingerprint density at radius 2 is 1.63 bits per heavy atom. The number of hydrogen-bond donors (Lipinski definition) is 0. The molecule has 0 bridgehead atoms. The van der Waals surface area contributed by atoms with Crippen LogP contribution in [-0.4, -0.2) is 65.6 Å². The minimum absolute atomic E-state index is 0.109. The summed E-state index contributed by atoms with van der Waals surface area (Å²) in [5.74, 6) is -2.25. The maximum Gasteiger partial charge on any atom is 0.422 e. The molecule has 3 rings (SSSR count). The standard InChI is InChI=1S/C19H16ClF4N3O3/c20-12-3-4-15(21)14(10-12)18(29)27-8-6-26(7-9-27)17(28)13-2-1-5-25-16(13)30-11-19(22,23)24/h1-5,10H,6-9,11H2. The van der Waals surface area contributed by atoms with Crippen LogP contribution < -0.4 is 4.74 Å². The van der Waals surface area contributed by atoms with Gasteiger partial charge in [-0.05, 0) is 30.3 Å².